The van der Waals surface area contributed by atoms with Crippen LogP contribution in [0.5, 0.6) is 5.75 Å². The van der Waals surface area contributed by atoms with Crippen LogP contribution in [0.3, 0.4) is 0 Å². The monoisotopic (exact) mass is 306 g/mol. The summed E-state index contributed by atoms with van der Waals surface area (Å²) in [5, 5.41) is 9.72. The SMILES string of the molecule is CCCNC(Cc1ncc(C)c(OC)c1C)c1csnn1. The van der Waals surface area contributed by atoms with Crippen molar-refractivity contribution in [1.29, 1.82) is 0 Å². The minimum atomic E-state index is 0.141. The van der Waals surface area contributed by atoms with E-state index in [0.717, 1.165) is 47.7 Å². The molecule has 2 aromatic heterocycles. The Morgan fingerprint density at radius 2 is 2.19 bits per heavy atom. The lowest BCUT2D eigenvalue weighted by atomic mass is 10.0. The van der Waals surface area contributed by atoms with Crippen molar-refractivity contribution in [3.05, 3.63) is 34.1 Å². The minimum absolute atomic E-state index is 0.141. The number of ether oxygens (including phenoxy) is 1. The number of hydrogen-bond acceptors (Lipinski definition) is 6. The maximum Gasteiger partial charge on any atom is 0.128 e. The molecular weight excluding hydrogens is 284 g/mol. The Hall–Kier alpha value is -1.53. The molecule has 0 aliphatic heterocycles. The van der Waals surface area contributed by atoms with Crippen LogP contribution in [0.15, 0.2) is 11.6 Å². The number of rotatable bonds is 7. The zero-order valence-electron chi connectivity index (χ0n) is 13.0. The quantitative estimate of drug-likeness (QED) is 0.852. The molecule has 0 fully saturated rings. The number of nitrogens with one attached hydrogen (secondary N) is 1. The summed E-state index contributed by atoms with van der Waals surface area (Å²) in [7, 11) is 1.70. The van der Waals surface area contributed by atoms with Gasteiger partial charge in [-0.05, 0) is 38.3 Å². The fourth-order valence-electron chi connectivity index (χ4n) is 2.39. The van der Waals surface area contributed by atoms with E-state index in [9.17, 15) is 0 Å². The van der Waals surface area contributed by atoms with Gasteiger partial charge in [0.2, 0.25) is 0 Å². The third-order valence-electron chi connectivity index (χ3n) is 3.52. The molecule has 0 bridgehead atoms. The predicted octanol–water partition coefficient (Wildman–Crippen LogP) is 2.84. The van der Waals surface area contributed by atoms with Crippen molar-refractivity contribution in [1.82, 2.24) is 19.9 Å². The summed E-state index contributed by atoms with van der Waals surface area (Å²) >= 11 is 1.38. The fraction of sp³-hybridized carbons (Fsp3) is 0.533. The molecule has 0 saturated heterocycles. The van der Waals surface area contributed by atoms with Crippen LogP contribution in [0.1, 0.15) is 41.9 Å². The van der Waals surface area contributed by atoms with Gasteiger partial charge in [-0.25, -0.2) is 0 Å². The van der Waals surface area contributed by atoms with E-state index < -0.39 is 0 Å². The van der Waals surface area contributed by atoms with Gasteiger partial charge in [0.15, 0.2) is 0 Å². The van der Waals surface area contributed by atoms with Gasteiger partial charge >= 0.3 is 0 Å². The van der Waals surface area contributed by atoms with E-state index in [0.29, 0.717) is 0 Å². The molecule has 1 unspecified atom stereocenters. The van der Waals surface area contributed by atoms with Crippen molar-refractivity contribution in [2.75, 3.05) is 13.7 Å². The molecule has 0 saturated carbocycles. The number of hydrogen-bond donors (Lipinski definition) is 1. The van der Waals surface area contributed by atoms with Crippen LogP contribution in [0.2, 0.25) is 0 Å². The molecule has 2 rings (SSSR count). The van der Waals surface area contributed by atoms with E-state index >= 15 is 0 Å². The molecule has 0 spiro atoms. The predicted molar refractivity (Wildman–Crippen MR) is 84.9 cm³/mol. The van der Waals surface area contributed by atoms with Crippen molar-refractivity contribution in [3.8, 4) is 5.75 Å². The number of nitrogens with zero attached hydrogens (tertiary/aromatic N) is 3. The molecule has 0 radical (unpaired) electrons. The molecule has 1 atom stereocenters. The Balaban J connectivity index is 2.24. The van der Waals surface area contributed by atoms with Gasteiger partial charge in [0.1, 0.15) is 5.75 Å². The highest BCUT2D eigenvalue weighted by Gasteiger charge is 2.18. The molecule has 5 nitrogen and oxygen atoms in total. The zero-order valence-corrected chi connectivity index (χ0v) is 13.8. The summed E-state index contributed by atoms with van der Waals surface area (Å²) < 4.78 is 9.45. The lowest BCUT2D eigenvalue weighted by Crippen LogP contribution is -2.25. The topological polar surface area (TPSA) is 59.9 Å². The van der Waals surface area contributed by atoms with Crippen LogP contribution < -0.4 is 10.1 Å². The Bertz CT molecular complexity index is 571. The summed E-state index contributed by atoms with van der Waals surface area (Å²) in [5.74, 6) is 0.922. The lowest BCUT2D eigenvalue weighted by molar-refractivity contribution is 0.406. The van der Waals surface area contributed by atoms with Gasteiger partial charge in [0.25, 0.3) is 0 Å². The number of aryl methyl sites for hydroxylation is 1. The smallest absolute Gasteiger partial charge is 0.128 e. The molecule has 0 aromatic carbocycles. The highest BCUT2D eigenvalue weighted by Crippen LogP contribution is 2.27. The molecule has 6 heteroatoms. The highest BCUT2D eigenvalue weighted by molar-refractivity contribution is 7.03. The third-order valence-corrected chi connectivity index (χ3v) is 4.04. The Morgan fingerprint density at radius 1 is 1.38 bits per heavy atom. The Morgan fingerprint density at radius 3 is 2.81 bits per heavy atom. The van der Waals surface area contributed by atoms with E-state index in [4.69, 9.17) is 4.74 Å². The standard InChI is InChI=1S/C15H22N4OS/c1-5-6-16-13(14-9-21-19-18-14)7-12-11(3)15(20-4)10(2)8-17-12/h8-9,13,16H,5-7H2,1-4H3. The van der Waals surface area contributed by atoms with E-state index in [-0.39, 0.29) is 6.04 Å². The lowest BCUT2D eigenvalue weighted by Gasteiger charge is -2.18. The largest absolute Gasteiger partial charge is 0.496 e. The van der Waals surface area contributed by atoms with E-state index in [1.165, 1.54) is 11.5 Å². The van der Waals surface area contributed by atoms with Gasteiger partial charge in [-0.1, -0.05) is 11.4 Å². The minimum Gasteiger partial charge on any atom is -0.496 e. The van der Waals surface area contributed by atoms with E-state index in [2.05, 4.69) is 33.7 Å². The summed E-state index contributed by atoms with van der Waals surface area (Å²) in [5.41, 5.74) is 4.18. The molecule has 1 N–H and O–H groups in total. The average molecular weight is 306 g/mol. The van der Waals surface area contributed by atoms with Crippen LogP contribution in [-0.2, 0) is 6.42 Å². The first-order valence-corrected chi connectivity index (χ1v) is 8.00. The van der Waals surface area contributed by atoms with Crippen molar-refractivity contribution >= 4 is 11.5 Å². The molecule has 21 heavy (non-hydrogen) atoms. The third kappa shape index (κ3) is 3.77. The first-order valence-electron chi connectivity index (χ1n) is 7.16. The Kier molecular flexibility index (Phi) is 5.64. The van der Waals surface area contributed by atoms with Gasteiger partial charge in [0.05, 0.1) is 18.8 Å². The normalized spacial score (nSPS) is 12.4. The van der Waals surface area contributed by atoms with Crippen LogP contribution >= 0.6 is 11.5 Å². The van der Waals surface area contributed by atoms with Gasteiger partial charge in [0, 0.05) is 34.8 Å². The molecule has 0 amide bonds. The molecule has 0 aliphatic rings. The van der Waals surface area contributed by atoms with Gasteiger partial charge < -0.3 is 10.1 Å². The van der Waals surface area contributed by atoms with Gasteiger partial charge in [-0.2, -0.15) is 0 Å². The number of aromatic nitrogens is 3. The maximum absolute atomic E-state index is 5.48. The summed E-state index contributed by atoms with van der Waals surface area (Å²) in [6.07, 6.45) is 3.74. The van der Waals surface area contributed by atoms with Crippen molar-refractivity contribution < 1.29 is 4.74 Å². The van der Waals surface area contributed by atoms with E-state index in [1.807, 2.05) is 18.5 Å². The van der Waals surface area contributed by atoms with Crippen molar-refractivity contribution in [3.63, 3.8) is 0 Å². The maximum atomic E-state index is 5.48. The first-order chi connectivity index (χ1) is 10.2. The Labute approximate surface area is 129 Å². The van der Waals surface area contributed by atoms with Crippen LogP contribution in [0, 0.1) is 13.8 Å². The van der Waals surface area contributed by atoms with Crippen molar-refractivity contribution in [2.45, 2.75) is 39.7 Å². The summed E-state index contributed by atoms with van der Waals surface area (Å²) in [6, 6.07) is 0.141. The van der Waals surface area contributed by atoms with E-state index in [1.54, 1.807) is 7.11 Å². The van der Waals surface area contributed by atoms with Gasteiger partial charge in [-0.15, -0.1) is 5.10 Å². The number of methoxy groups -OCH3 is 1. The second-order valence-corrected chi connectivity index (χ2v) is 5.70. The number of pyridine rings is 1. The van der Waals surface area contributed by atoms with Crippen LogP contribution in [0.25, 0.3) is 0 Å². The highest BCUT2D eigenvalue weighted by atomic mass is 32.1. The molecule has 0 aliphatic carbocycles. The zero-order chi connectivity index (χ0) is 15.2. The second kappa shape index (κ2) is 7.47. The molecular formula is C15H22N4OS. The second-order valence-electron chi connectivity index (χ2n) is 5.09. The molecule has 114 valence electrons. The van der Waals surface area contributed by atoms with Crippen molar-refractivity contribution in [2.24, 2.45) is 0 Å². The van der Waals surface area contributed by atoms with Crippen LogP contribution in [0.4, 0.5) is 0 Å². The fourth-order valence-corrected chi connectivity index (χ4v) is 2.90. The van der Waals surface area contributed by atoms with Gasteiger partial charge in [-0.3, -0.25) is 4.98 Å². The molecule has 2 heterocycles. The average Bonchev–Trinajstić information content (AvgIpc) is 3.00. The summed E-state index contributed by atoms with van der Waals surface area (Å²) in [4.78, 5) is 4.58. The van der Waals surface area contributed by atoms with Crippen LogP contribution in [-0.4, -0.2) is 28.2 Å². The first kappa shape index (κ1) is 15.9. The molecule has 2 aromatic rings. The summed E-state index contributed by atoms with van der Waals surface area (Å²) in [6.45, 7) is 7.18.